The summed E-state index contributed by atoms with van der Waals surface area (Å²) in [6.45, 7) is 1.47. The van der Waals surface area contributed by atoms with Gasteiger partial charge in [0.2, 0.25) is 0 Å². The topological polar surface area (TPSA) is 17.1 Å². The van der Waals surface area contributed by atoms with E-state index < -0.39 is 6.04 Å². The van der Waals surface area contributed by atoms with Gasteiger partial charge in [-0.05, 0) is 0 Å². The number of rotatable bonds is 1. The number of halogens is 1. The highest BCUT2D eigenvalue weighted by Crippen LogP contribution is 1.75. The molecule has 0 aliphatic heterocycles. The predicted octanol–water partition coefficient (Wildman–Crippen LogP) is 0.893. The number of hydrogen-bond donors (Lipinski definition) is 0. The van der Waals surface area contributed by atoms with E-state index in [2.05, 4.69) is 0 Å². The lowest BCUT2D eigenvalue weighted by molar-refractivity contribution is -0.128. The molecule has 0 aliphatic carbocycles. The van der Waals surface area contributed by atoms with E-state index in [0.29, 0.717) is 0 Å². The summed E-state index contributed by atoms with van der Waals surface area (Å²) in [6.07, 6.45) is 0. The Balaban J connectivity index is 2.85. The Bertz CT molecular complexity index is 42.2. The Labute approximate surface area is 29.8 Å². The van der Waals surface area contributed by atoms with Crippen molar-refractivity contribution in [3.63, 3.8) is 0 Å². The first-order chi connectivity index (χ1) is 2.27. The molecule has 0 radical (unpaired) electrons. The third-order valence-corrected chi connectivity index (χ3v) is 0.278. The van der Waals surface area contributed by atoms with Crippen LogP contribution in [0.3, 0.4) is 0 Å². The van der Waals surface area contributed by atoms with Crippen molar-refractivity contribution in [1.82, 2.24) is 0 Å². The second kappa shape index (κ2) is 1.88. The lowest BCUT2D eigenvalue weighted by Crippen LogP contribution is -1.77. The smallest absolute Gasteiger partial charge is 0.261 e. The highest BCUT2D eigenvalue weighted by Gasteiger charge is 1.83. The van der Waals surface area contributed by atoms with Crippen LogP contribution in [0.5, 0.6) is 0 Å². The van der Waals surface area contributed by atoms with Crippen molar-refractivity contribution in [3.05, 3.63) is 0 Å². The maximum atomic E-state index is 10.8. The molecule has 0 rings (SSSR count). The van der Waals surface area contributed by atoms with E-state index in [9.17, 15) is 4.39 Å². The van der Waals surface area contributed by atoms with Crippen molar-refractivity contribution in [3.8, 4) is 0 Å². The molecule has 0 spiro atoms. The van der Waals surface area contributed by atoms with Crippen LogP contribution < -0.4 is 0 Å². The quantitative estimate of drug-likeness (QED) is 0.423. The Morgan fingerprint density at radius 3 is 2.20 bits per heavy atom. The van der Waals surface area contributed by atoms with Crippen LogP contribution in [0.2, 0.25) is 0 Å². The van der Waals surface area contributed by atoms with Crippen molar-refractivity contribution < 1.29 is 9.18 Å². The van der Waals surface area contributed by atoms with Crippen LogP contribution in [0.1, 0.15) is 13.3 Å². The molecule has 0 amide bonds. The second-order valence-corrected chi connectivity index (χ2v) is 0.709. The van der Waals surface area contributed by atoms with Crippen molar-refractivity contribution in [2.45, 2.75) is 13.3 Å². The van der Waals surface area contributed by atoms with Crippen molar-refractivity contribution in [1.29, 1.82) is 0 Å². The maximum absolute atomic E-state index is 10.8. The Morgan fingerprint density at radius 1 is 2.00 bits per heavy atom. The van der Waals surface area contributed by atoms with Crippen LogP contribution in [0.4, 0.5) is 4.39 Å². The van der Waals surface area contributed by atoms with Gasteiger partial charge in [-0.3, -0.25) is 4.79 Å². The van der Waals surface area contributed by atoms with Crippen LogP contribution in [0.15, 0.2) is 0 Å². The van der Waals surface area contributed by atoms with E-state index in [-0.39, 0.29) is 6.42 Å². The zero-order valence-corrected chi connectivity index (χ0v) is 2.99. The molecule has 0 atom stereocenters. The van der Waals surface area contributed by atoms with Crippen molar-refractivity contribution in [2.75, 3.05) is 0 Å². The van der Waals surface area contributed by atoms with Gasteiger partial charge in [0.1, 0.15) is 0 Å². The largest absolute Gasteiger partial charge is 0.301 e. The number of carbonyl (C=O) groups excluding carboxylic acids is 1. The molecule has 0 aromatic carbocycles. The Morgan fingerprint density at radius 2 is 2.20 bits per heavy atom. The van der Waals surface area contributed by atoms with Gasteiger partial charge < -0.3 is 0 Å². The third-order valence-electron chi connectivity index (χ3n) is 0.278. The molecular formula is C3H5FO. The summed E-state index contributed by atoms with van der Waals surface area (Å²) in [4.78, 5) is 9.15. The number of hydrogen-bond acceptors (Lipinski definition) is 1. The highest BCUT2D eigenvalue weighted by molar-refractivity contribution is 5.67. The fourth-order valence-corrected chi connectivity index (χ4v) is 0. The van der Waals surface area contributed by atoms with E-state index in [4.69, 9.17) is 4.79 Å². The van der Waals surface area contributed by atoms with Crippen molar-refractivity contribution in [2.24, 2.45) is 0 Å². The molecule has 30 valence electrons. The van der Waals surface area contributed by atoms with Crippen LogP contribution >= 0.6 is 0 Å². The lowest BCUT2D eigenvalue weighted by atomic mass is 10.5. The standard InChI is InChI=1S/C3H5FO/c1-2-3(4)5/h2H2,1H3/i4-1. The molecule has 1 nitrogen and oxygen atoms in total. The molecule has 0 aliphatic rings. The highest BCUT2D eigenvalue weighted by atomic mass is 18.2. The molecule has 0 unspecified atom stereocenters. The molecule has 0 saturated carbocycles. The molecule has 0 aromatic rings. The summed E-state index contributed by atoms with van der Waals surface area (Å²) in [6, 6.07) is -1.25. The summed E-state index contributed by atoms with van der Waals surface area (Å²) in [5, 5.41) is 0. The molecule has 0 N–H and O–H groups in total. The van der Waals surface area contributed by atoms with E-state index in [1.54, 1.807) is 0 Å². The van der Waals surface area contributed by atoms with Gasteiger partial charge in [0, 0.05) is 6.42 Å². The molecule has 0 heterocycles. The van der Waals surface area contributed by atoms with Gasteiger partial charge in [0.25, 0.3) is 0 Å². The summed E-state index contributed by atoms with van der Waals surface area (Å²) < 4.78 is 10.8. The van der Waals surface area contributed by atoms with Gasteiger partial charge in [-0.1, -0.05) is 6.92 Å². The fraction of sp³-hybridized carbons (Fsp3) is 0.667. The van der Waals surface area contributed by atoms with Gasteiger partial charge >= 0.3 is 6.04 Å². The molecule has 0 fully saturated rings. The third kappa shape index (κ3) is 3.60. The zero-order chi connectivity index (χ0) is 4.28. The van der Waals surface area contributed by atoms with E-state index >= 15 is 0 Å². The average molecular weight is 75.1 g/mol. The van der Waals surface area contributed by atoms with E-state index in [0.717, 1.165) is 0 Å². The minimum Gasteiger partial charge on any atom is -0.261 e. The summed E-state index contributed by atoms with van der Waals surface area (Å²) in [7, 11) is 0. The monoisotopic (exact) mass is 75.0 g/mol. The molecule has 0 bridgehead atoms. The molecule has 5 heavy (non-hydrogen) atoms. The molecule has 0 saturated heterocycles. The SMILES string of the molecule is CCC(=O)[18F]. The van der Waals surface area contributed by atoms with E-state index in [1.807, 2.05) is 0 Å². The Kier molecular flexibility index (Phi) is 1.73. The Hall–Kier alpha value is -0.400. The first-order valence-corrected chi connectivity index (χ1v) is 1.45. The van der Waals surface area contributed by atoms with Gasteiger partial charge in [0.15, 0.2) is 0 Å². The maximum Gasteiger partial charge on any atom is 0.301 e. The first kappa shape index (κ1) is 4.60. The normalized spacial score (nSPS) is 7.60. The van der Waals surface area contributed by atoms with Crippen molar-refractivity contribution >= 4 is 6.04 Å². The van der Waals surface area contributed by atoms with Gasteiger partial charge in [-0.15, -0.1) is 0 Å². The zero-order valence-electron chi connectivity index (χ0n) is 2.99. The predicted molar refractivity (Wildman–Crippen MR) is 16.4 cm³/mol. The molecule has 2 heteroatoms. The summed E-state index contributed by atoms with van der Waals surface area (Å²) in [5.41, 5.74) is 0. The van der Waals surface area contributed by atoms with Gasteiger partial charge in [-0.2, -0.15) is 4.39 Å². The van der Waals surface area contributed by atoms with Crippen LogP contribution in [0, 0.1) is 0 Å². The number of carbonyl (C=O) groups is 1. The van der Waals surface area contributed by atoms with E-state index in [1.165, 1.54) is 6.92 Å². The van der Waals surface area contributed by atoms with Gasteiger partial charge in [0.05, 0.1) is 0 Å². The minimum absolute atomic E-state index is 0. The summed E-state index contributed by atoms with van der Waals surface area (Å²) in [5.74, 6) is 0. The van der Waals surface area contributed by atoms with Crippen LogP contribution in [-0.2, 0) is 4.79 Å². The molecular weight excluding hydrogens is 70.0 g/mol. The lowest BCUT2D eigenvalue weighted by Gasteiger charge is -1.66. The summed E-state index contributed by atoms with van der Waals surface area (Å²) >= 11 is 0. The minimum atomic E-state index is -1.25. The molecule has 0 aromatic heterocycles. The second-order valence-electron chi connectivity index (χ2n) is 0.709. The fourth-order valence-electron chi connectivity index (χ4n) is 0. The van der Waals surface area contributed by atoms with Gasteiger partial charge in [-0.25, -0.2) is 0 Å². The average Bonchev–Trinajstić information content (AvgIpc) is 1.38. The van der Waals surface area contributed by atoms with Crippen LogP contribution in [0.25, 0.3) is 0 Å². The first-order valence-electron chi connectivity index (χ1n) is 1.45. The van der Waals surface area contributed by atoms with Crippen LogP contribution in [-0.4, -0.2) is 6.04 Å².